The highest BCUT2D eigenvalue weighted by atomic mass is 79.9. The average molecular weight is 405 g/mol. The van der Waals surface area contributed by atoms with E-state index in [1.165, 1.54) is 0 Å². The molecule has 0 spiro atoms. The highest BCUT2D eigenvalue weighted by Crippen LogP contribution is 2.19. The molecule has 0 saturated carbocycles. The van der Waals surface area contributed by atoms with Crippen LogP contribution in [0.3, 0.4) is 0 Å². The lowest BCUT2D eigenvalue weighted by Crippen LogP contribution is -2.51. The van der Waals surface area contributed by atoms with Gasteiger partial charge in [0.1, 0.15) is 5.82 Å². The monoisotopic (exact) mass is 403 g/mol. The fraction of sp³-hybridized carbons (Fsp3) is 0.571. The fourth-order valence-corrected chi connectivity index (χ4v) is 2.69. The molecule has 20 heavy (non-hydrogen) atoms. The third kappa shape index (κ3) is 3.73. The average Bonchev–Trinajstić information content (AvgIpc) is 2.46. The number of alkyl halides is 1. The van der Waals surface area contributed by atoms with E-state index in [1.54, 1.807) is 6.20 Å². The quantitative estimate of drug-likeness (QED) is 0.726. The molecule has 2 rings (SSSR count). The van der Waals surface area contributed by atoms with Gasteiger partial charge in [-0.25, -0.2) is 4.98 Å². The molecular formula is C14H19Br2N3O. The van der Waals surface area contributed by atoms with Crippen LogP contribution in [0, 0.1) is 5.92 Å². The predicted molar refractivity (Wildman–Crippen MR) is 88.3 cm³/mol. The molecule has 1 aliphatic rings. The van der Waals surface area contributed by atoms with Crippen LogP contribution in [-0.4, -0.2) is 46.8 Å². The number of carbonyl (C=O) groups is 1. The lowest BCUT2D eigenvalue weighted by Gasteiger charge is -2.36. The molecule has 1 aromatic heterocycles. The second kappa shape index (κ2) is 6.89. The Balaban J connectivity index is 1.92. The smallest absolute Gasteiger partial charge is 0.236 e. The maximum atomic E-state index is 12.3. The van der Waals surface area contributed by atoms with Crippen molar-refractivity contribution in [2.45, 2.75) is 18.7 Å². The normalized spacial score (nSPS) is 17.4. The maximum absolute atomic E-state index is 12.3. The van der Waals surface area contributed by atoms with Gasteiger partial charge in [-0.15, -0.1) is 0 Å². The van der Waals surface area contributed by atoms with Crippen molar-refractivity contribution in [3.05, 3.63) is 22.8 Å². The van der Waals surface area contributed by atoms with E-state index in [4.69, 9.17) is 0 Å². The molecule has 110 valence electrons. The number of hydrogen-bond donors (Lipinski definition) is 0. The fourth-order valence-electron chi connectivity index (χ4n) is 2.17. The third-order valence-corrected chi connectivity index (χ3v) is 5.37. The molecule has 1 fully saturated rings. The van der Waals surface area contributed by atoms with Gasteiger partial charge < -0.3 is 9.80 Å². The molecule has 4 nitrogen and oxygen atoms in total. The van der Waals surface area contributed by atoms with Crippen molar-refractivity contribution >= 4 is 43.6 Å². The molecule has 0 radical (unpaired) electrons. The summed E-state index contributed by atoms with van der Waals surface area (Å²) in [6.45, 7) is 7.28. The van der Waals surface area contributed by atoms with Gasteiger partial charge in [-0.1, -0.05) is 29.8 Å². The number of nitrogens with zero attached hydrogens (tertiary/aromatic N) is 3. The molecule has 1 atom stereocenters. The molecule has 0 aromatic carbocycles. The Kier molecular flexibility index (Phi) is 5.43. The van der Waals surface area contributed by atoms with E-state index in [0.717, 1.165) is 36.5 Å². The summed E-state index contributed by atoms with van der Waals surface area (Å²) in [5.41, 5.74) is 0. The Labute approximate surface area is 136 Å². The molecule has 0 aliphatic carbocycles. The lowest BCUT2D eigenvalue weighted by molar-refractivity contribution is -0.131. The highest BCUT2D eigenvalue weighted by Gasteiger charge is 2.27. The summed E-state index contributed by atoms with van der Waals surface area (Å²) in [5, 5.41) is 0. The van der Waals surface area contributed by atoms with E-state index in [-0.39, 0.29) is 10.7 Å². The molecule has 1 amide bonds. The van der Waals surface area contributed by atoms with Gasteiger partial charge in [-0.3, -0.25) is 4.79 Å². The zero-order valence-corrected chi connectivity index (χ0v) is 14.9. The number of amides is 1. The van der Waals surface area contributed by atoms with Gasteiger partial charge in [0.25, 0.3) is 0 Å². The van der Waals surface area contributed by atoms with Crippen molar-refractivity contribution in [1.29, 1.82) is 0 Å². The zero-order chi connectivity index (χ0) is 14.7. The van der Waals surface area contributed by atoms with Crippen LogP contribution in [0.25, 0.3) is 0 Å². The van der Waals surface area contributed by atoms with E-state index in [1.807, 2.05) is 17.0 Å². The first-order valence-electron chi connectivity index (χ1n) is 6.78. The molecule has 2 heterocycles. The summed E-state index contributed by atoms with van der Waals surface area (Å²) in [4.78, 5) is 20.7. The van der Waals surface area contributed by atoms with Crippen LogP contribution in [0.4, 0.5) is 5.82 Å². The highest BCUT2D eigenvalue weighted by molar-refractivity contribution is 9.10. The maximum Gasteiger partial charge on any atom is 0.236 e. The molecular weight excluding hydrogens is 386 g/mol. The SMILES string of the molecule is CC(C)C(Br)C(=O)N1CCN(c2ccc(Br)cn2)CC1. The van der Waals surface area contributed by atoms with Crippen molar-refractivity contribution in [2.75, 3.05) is 31.1 Å². The van der Waals surface area contributed by atoms with Crippen LogP contribution in [0.15, 0.2) is 22.8 Å². The molecule has 0 N–H and O–H groups in total. The van der Waals surface area contributed by atoms with Crippen molar-refractivity contribution in [3.63, 3.8) is 0 Å². The first-order valence-corrected chi connectivity index (χ1v) is 8.49. The number of pyridine rings is 1. The van der Waals surface area contributed by atoms with Crippen LogP contribution in [0.1, 0.15) is 13.8 Å². The second-order valence-electron chi connectivity index (χ2n) is 5.29. The predicted octanol–water partition coefficient (Wildman–Crippen LogP) is 2.91. The molecule has 1 saturated heterocycles. The number of rotatable bonds is 3. The minimum absolute atomic E-state index is 0.0835. The van der Waals surface area contributed by atoms with Gasteiger partial charge in [0.05, 0.1) is 4.83 Å². The van der Waals surface area contributed by atoms with E-state index in [0.29, 0.717) is 5.92 Å². The molecule has 6 heteroatoms. The second-order valence-corrected chi connectivity index (χ2v) is 7.19. The minimum atomic E-state index is -0.0835. The summed E-state index contributed by atoms with van der Waals surface area (Å²) in [7, 11) is 0. The van der Waals surface area contributed by atoms with Crippen LogP contribution < -0.4 is 4.90 Å². The number of piperazine rings is 1. The Hall–Kier alpha value is -0.620. The summed E-state index contributed by atoms with van der Waals surface area (Å²) >= 11 is 6.88. The summed E-state index contributed by atoms with van der Waals surface area (Å²) in [6, 6.07) is 4.00. The topological polar surface area (TPSA) is 36.4 Å². The van der Waals surface area contributed by atoms with E-state index < -0.39 is 0 Å². The summed E-state index contributed by atoms with van der Waals surface area (Å²) in [6.07, 6.45) is 1.81. The number of aromatic nitrogens is 1. The van der Waals surface area contributed by atoms with Crippen LogP contribution >= 0.6 is 31.9 Å². The first-order chi connectivity index (χ1) is 9.49. The van der Waals surface area contributed by atoms with E-state index >= 15 is 0 Å². The largest absolute Gasteiger partial charge is 0.353 e. The third-order valence-electron chi connectivity index (χ3n) is 3.45. The number of carbonyl (C=O) groups excluding carboxylic acids is 1. The molecule has 1 aromatic rings. The Morgan fingerprint density at radius 3 is 2.40 bits per heavy atom. The van der Waals surface area contributed by atoms with Gasteiger partial charge >= 0.3 is 0 Å². The molecule has 1 unspecified atom stereocenters. The Bertz CT molecular complexity index is 456. The Morgan fingerprint density at radius 2 is 1.90 bits per heavy atom. The standard InChI is InChI=1S/C14H19Br2N3O/c1-10(2)13(16)14(20)19-7-5-18(6-8-19)12-4-3-11(15)9-17-12/h3-4,9-10,13H,5-8H2,1-2H3. The van der Waals surface area contributed by atoms with E-state index in [2.05, 4.69) is 55.6 Å². The van der Waals surface area contributed by atoms with Gasteiger partial charge in [-0.05, 0) is 34.0 Å². The van der Waals surface area contributed by atoms with Crippen molar-refractivity contribution in [1.82, 2.24) is 9.88 Å². The van der Waals surface area contributed by atoms with Gasteiger partial charge in [0, 0.05) is 36.8 Å². The van der Waals surface area contributed by atoms with Gasteiger partial charge in [-0.2, -0.15) is 0 Å². The van der Waals surface area contributed by atoms with Crippen LogP contribution in [0.5, 0.6) is 0 Å². The van der Waals surface area contributed by atoms with Crippen LogP contribution in [0.2, 0.25) is 0 Å². The van der Waals surface area contributed by atoms with Crippen LogP contribution in [-0.2, 0) is 4.79 Å². The number of halogens is 2. The zero-order valence-electron chi connectivity index (χ0n) is 11.7. The van der Waals surface area contributed by atoms with Crippen molar-refractivity contribution in [3.8, 4) is 0 Å². The first kappa shape index (κ1) is 15.8. The Morgan fingerprint density at radius 1 is 1.25 bits per heavy atom. The summed E-state index contributed by atoms with van der Waals surface area (Å²) < 4.78 is 0.981. The molecule has 0 bridgehead atoms. The van der Waals surface area contributed by atoms with Gasteiger partial charge in [0.15, 0.2) is 0 Å². The minimum Gasteiger partial charge on any atom is -0.353 e. The van der Waals surface area contributed by atoms with Gasteiger partial charge in [0.2, 0.25) is 5.91 Å². The molecule has 1 aliphatic heterocycles. The summed E-state index contributed by atoms with van der Waals surface area (Å²) in [5.74, 6) is 1.48. The number of hydrogen-bond acceptors (Lipinski definition) is 3. The lowest BCUT2D eigenvalue weighted by atomic mass is 10.1. The number of anilines is 1. The van der Waals surface area contributed by atoms with Crippen molar-refractivity contribution in [2.24, 2.45) is 5.92 Å². The van der Waals surface area contributed by atoms with Crippen molar-refractivity contribution < 1.29 is 4.79 Å². The van der Waals surface area contributed by atoms with E-state index in [9.17, 15) is 4.79 Å².